The summed E-state index contributed by atoms with van der Waals surface area (Å²) in [6.45, 7) is 5.11. The molecule has 1 aliphatic heterocycles. The van der Waals surface area contributed by atoms with E-state index in [0.29, 0.717) is 5.13 Å². The maximum absolute atomic E-state index is 12.2. The number of piperidine rings is 1. The monoisotopic (exact) mass is 399 g/mol. The minimum absolute atomic E-state index is 0.228. The first-order chi connectivity index (χ1) is 12.8. The number of anilines is 1. The highest BCUT2D eigenvalue weighted by atomic mass is 32.1. The van der Waals surface area contributed by atoms with Crippen molar-refractivity contribution in [2.45, 2.75) is 32.7 Å². The van der Waals surface area contributed by atoms with Crippen molar-refractivity contribution in [2.75, 3.05) is 18.4 Å². The van der Waals surface area contributed by atoms with Crippen LogP contribution in [0.3, 0.4) is 0 Å². The lowest BCUT2D eigenvalue weighted by atomic mass is 9.99. The molecule has 1 amide bonds. The van der Waals surface area contributed by atoms with Crippen LogP contribution in [0.1, 0.15) is 35.8 Å². The molecule has 0 spiro atoms. The number of nitrogens with zero attached hydrogens (tertiary/aromatic N) is 2. The lowest BCUT2D eigenvalue weighted by molar-refractivity contribution is -0.274. The molecule has 3 rings (SSSR count). The number of ether oxygens (including phenoxy) is 1. The standard InChI is InChI=1S/C18H20F3N3O2S/c1-12-6-8-24(9-7-12)10-14-11-27-17(22-14)23-16(25)13-2-4-15(5-3-13)26-18(19,20)21/h2-5,11-12H,6-10H2,1H3,(H,22,23,25). The number of thiazole rings is 1. The maximum atomic E-state index is 12.2. The highest BCUT2D eigenvalue weighted by Crippen LogP contribution is 2.24. The number of halogens is 3. The number of hydrogen-bond donors (Lipinski definition) is 1. The topological polar surface area (TPSA) is 54.5 Å². The number of alkyl halides is 3. The van der Waals surface area contributed by atoms with Crippen LogP contribution in [0.5, 0.6) is 5.75 Å². The lowest BCUT2D eigenvalue weighted by Gasteiger charge is -2.29. The molecule has 0 saturated carbocycles. The third-order valence-electron chi connectivity index (χ3n) is 4.38. The van der Waals surface area contributed by atoms with Gasteiger partial charge in [0.05, 0.1) is 5.69 Å². The molecule has 0 bridgehead atoms. The second kappa shape index (κ2) is 8.26. The van der Waals surface area contributed by atoms with Crippen molar-refractivity contribution < 1.29 is 22.7 Å². The molecule has 2 heterocycles. The molecular formula is C18H20F3N3O2S. The maximum Gasteiger partial charge on any atom is 0.573 e. The third kappa shape index (κ3) is 5.93. The van der Waals surface area contributed by atoms with Crippen molar-refractivity contribution in [3.63, 3.8) is 0 Å². The van der Waals surface area contributed by atoms with E-state index in [-0.39, 0.29) is 11.3 Å². The SMILES string of the molecule is CC1CCN(Cc2csc(NC(=O)c3ccc(OC(F)(F)F)cc3)n2)CC1. The fraction of sp³-hybridized carbons (Fsp3) is 0.444. The fourth-order valence-electron chi connectivity index (χ4n) is 2.86. The van der Waals surface area contributed by atoms with Crippen LogP contribution >= 0.6 is 11.3 Å². The summed E-state index contributed by atoms with van der Waals surface area (Å²) < 4.78 is 40.3. The van der Waals surface area contributed by atoms with Crippen molar-refractivity contribution in [2.24, 2.45) is 5.92 Å². The van der Waals surface area contributed by atoms with Crippen molar-refractivity contribution in [1.82, 2.24) is 9.88 Å². The van der Waals surface area contributed by atoms with Crippen LogP contribution < -0.4 is 10.1 Å². The smallest absolute Gasteiger partial charge is 0.406 e. The van der Waals surface area contributed by atoms with Gasteiger partial charge in [0.2, 0.25) is 0 Å². The van der Waals surface area contributed by atoms with E-state index in [1.165, 1.54) is 36.3 Å². The van der Waals surface area contributed by atoms with E-state index >= 15 is 0 Å². The first-order valence-electron chi connectivity index (χ1n) is 8.62. The van der Waals surface area contributed by atoms with E-state index in [0.717, 1.165) is 43.4 Å². The van der Waals surface area contributed by atoms with Crippen LogP contribution in [0, 0.1) is 5.92 Å². The number of benzene rings is 1. The Balaban J connectivity index is 1.54. The molecule has 27 heavy (non-hydrogen) atoms. The average Bonchev–Trinajstić information content (AvgIpc) is 3.03. The number of nitrogens with one attached hydrogen (secondary N) is 1. The van der Waals surface area contributed by atoms with E-state index in [9.17, 15) is 18.0 Å². The van der Waals surface area contributed by atoms with E-state index in [4.69, 9.17) is 0 Å². The zero-order valence-corrected chi connectivity index (χ0v) is 15.6. The molecule has 2 aromatic rings. The Morgan fingerprint density at radius 3 is 2.59 bits per heavy atom. The number of rotatable bonds is 5. The minimum atomic E-state index is -4.76. The molecule has 0 atom stereocenters. The molecule has 1 N–H and O–H groups in total. The molecule has 1 aliphatic rings. The summed E-state index contributed by atoms with van der Waals surface area (Å²) in [6, 6.07) is 4.76. The van der Waals surface area contributed by atoms with Crippen molar-refractivity contribution in [3.8, 4) is 5.75 Å². The first-order valence-corrected chi connectivity index (χ1v) is 9.50. The summed E-state index contributed by atoms with van der Waals surface area (Å²) in [4.78, 5) is 19.0. The van der Waals surface area contributed by atoms with Gasteiger partial charge in [-0.05, 0) is 56.1 Å². The van der Waals surface area contributed by atoms with Gasteiger partial charge in [0.15, 0.2) is 5.13 Å². The summed E-state index contributed by atoms with van der Waals surface area (Å²) in [6.07, 6.45) is -2.39. The van der Waals surface area contributed by atoms with E-state index in [1.54, 1.807) is 0 Å². The summed E-state index contributed by atoms with van der Waals surface area (Å²) in [5.74, 6) is -0.0351. The Bertz CT molecular complexity index is 769. The Morgan fingerprint density at radius 2 is 1.96 bits per heavy atom. The van der Waals surface area contributed by atoms with Gasteiger partial charge < -0.3 is 4.74 Å². The van der Waals surface area contributed by atoms with Crippen molar-refractivity contribution in [1.29, 1.82) is 0 Å². The predicted molar refractivity (Wildman–Crippen MR) is 96.9 cm³/mol. The van der Waals surface area contributed by atoms with Crippen LogP contribution in [0.15, 0.2) is 29.6 Å². The van der Waals surface area contributed by atoms with Crippen molar-refractivity contribution in [3.05, 3.63) is 40.9 Å². The molecule has 0 unspecified atom stereocenters. The summed E-state index contributed by atoms with van der Waals surface area (Å²) in [5.41, 5.74) is 1.13. The summed E-state index contributed by atoms with van der Waals surface area (Å²) >= 11 is 1.33. The Labute approximate surface area is 159 Å². The summed E-state index contributed by atoms with van der Waals surface area (Å²) in [7, 11) is 0. The number of carbonyl (C=O) groups is 1. The highest BCUT2D eigenvalue weighted by Gasteiger charge is 2.31. The predicted octanol–water partition coefficient (Wildman–Crippen LogP) is 4.53. The average molecular weight is 399 g/mol. The first kappa shape index (κ1) is 19.6. The third-order valence-corrected chi connectivity index (χ3v) is 5.19. The van der Waals surface area contributed by atoms with E-state index in [1.807, 2.05) is 5.38 Å². The fourth-order valence-corrected chi connectivity index (χ4v) is 3.56. The van der Waals surface area contributed by atoms with Crippen LogP contribution in [0.25, 0.3) is 0 Å². The number of likely N-dealkylation sites (tertiary alicyclic amines) is 1. The largest absolute Gasteiger partial charge is 0.573 e. The van der Waals surface area contributed by atoms with Crippen molar-refractivity contribution >= 4 is 22.4 Å². The quantitative estimate of drug-likeness (QED) is 0.803. The molecule has 1 saturated heterocycles. The normalized spacial score (nSPS) is 16.3. The van der Waals surface area contributed by atoms with Gasteiger partial charge in [0.25, 0.3) is 5.91 Å². The summed E-state index contributed by atoms with van der Waals surface area (Å²) in [5, 5.41) is 5.06. The Kier molecular flexibility index (Phi) is 6.01. The van der Waals surface area contributed by atoms with Gasteiger partial charge in [-0.1, -0.05) is 6.92 Å². The number of hydrogen-bond acceptors (Lipinski definition) is 5. The molecular weight excluding hydrogens is 379 g/mol. The molecule has 1 aromatic heterocycles. The zero-order chi connectivity index (χ0) is 19.4. The zero-order valence-electron chi connectivity index (χ0n) is 14.8. The van der Waals surface area contributed by atoms with Crippen LogP contribution in [-0.2, 0) is 6.54 Å². The second-order valence-electron chi connectivity index (χ2n) is 6.63. The Hall–Kier alpha value is -2.13. The van der Waals surface area contributed by atoms with Gasteiger partial charge in [-0.15, -0.1) is 24.5 Å². The lowest BCUT2D eigenvalue weighted by Crippen LogP contribution is -2.32. The van der Waals surface area contributed by atoms with Gasteiger partial charge in [-0.3, -0.25) is 15.0 Å². The molecule has 1 aromatic carbocycles. The van der Waals surface area contributed by atoms with Gasteiger partial charge in [0, 0.05) is 17.5 Å². The molecule has 1 fully saturated rings. The van der Waals surface area contributed by atoms with Crippen LogP contribution in [-0.4, -0.2) is 35.2 Å². The van der Waals surface area contributed by atoms with Crippen LogP contribution in [0.4, 0.5) is 18.3 Å². The number of amides is 1. The number of aromatic nitrogens is 1. The molecule has 9 heteroatoms. The highest BCUT2D eigenvalue weighted by molar-refractivity contribution is 7.13. The van der Waals surface area contributed by atoms with Crippen LogP contribution in [0.2, 0.25) is 0 Å². The number of carbonyl (C=O) groups excluding carboxylic acids is 1. The second-order valence-corrected chi connectivity index (χ2v) is 7.49. The van der Waals surface area contributed by atoms with Gasteiger partial charge in [0.1, 0.15) is 5.75 Å². The minimum Gasteiger partial charge on any atom is -0.406 e. The van der Waals surface area contributed by atoms with E-state index in [2.05, 4.69) is 26.9 Å². The molecule has 0 aliphatic carbocycles. The van der Waals surface area contributed by atoms with E-state index < -0.39 is 12.3 Å². The van der Waals surface area contributed by atoms with Gasteiger partial charge in [-0.25, -0.2) is 4.98 Å². The van der Waals surface area contributed by atoms with Gasteiger partial charge in [-0.2, -0.15) is 0 Å². The Morgan fingerprint density at radius 1 is 1.30 bits per heavy atom. The molecule has 5 nitrogen and oxygen atoms in total. The van der Waals surface area contributed by atoms with Gasteiger partial charge >= 0.3 is 6.36 Å². The molecule has 146 valence electrons. The molecule has 0 radical (unpaired) electrons.